The molecule has 8 nitrogen and oxygen atoms in total. The van der Waals surface area contributed by atoms with Crippen molar-refractivity contribution in [2.45, 2.75) is 0 Å². The predicted molar refractivity (Wildman–Crippen MR) is 75.4 cm³/mol. The van der Waals surface area contributed by atoms with E-state index in [-0.39, 0.29) is 36.4 Å². The summed E-state index contributed by atoms with van der Waals surface area (Å²) in [6.07, 6.45) is 0. The maximum atomic E-state index is 13.2. The lowest BCUT2D eigenvalue weighted by molar-refractivity contribution is 0.260. The number of halogens is 1. The molecule has 21 heavy (non-hydrogen) atoms. The highest BCUT2D eigenvalue weighted by Crippen LogP contribution is 2.16. The van der Waals surface area contributed by atoms with Crippen molar-refractivity contribution in [1.29, 1.82) is 0 Å². The lowest BCUT2D eigenvalue weighted by Gasteiger charge is -2.08. The topological polar surface area (TPSA) is 119 Å². The molecule has 4 N–H and O–H groups in total. The van der Waals surface area contributed by atoms with E-state index in [1.165, 1.54) is 12.1 Å². The van der Waals surface area contributed by atoms with Crippen LogP contribution in [0, 0.1) is 5.82 Å². The van der Waals surface area contributed by atoms with Crippen molar-refractivity contribution in [3.63, 3.8) is 0 Å². The fraction of sp³-hybridized carbons (Fsp3) is 0.182. The van der Waals surface area contributed by atoms with Crippen LogP contribution in [-0.4, -0.2) is 42.4 Å². The Morgan fingerprint density at radius 3 is 3.00 bits per heavy atom. The Balaban J connectivity index is 2.20. The van der Waals surface area contributed by atoms with Crippen LogP contribution in [0.1, 0.15) is 5.69 Å². The summed E-state index contributed by atoms with van der Waals surface area (Å²) < 4.78 is 23.0. The summed E-state index contributed by atoms with van der Waals surface area (Å²) in [7, 11) is 1.61. The number of amidine groups is 1. The van der Waals surface area contributed by atoms with Gasteiger partial charge in [-0.2, -0.15) is 0 Å². The van der Waals surface area contributed by atoms with Crippen molar-refractivity contribution in [2.24, 2.45) is 10.9 Å². The molecule has 1 heterocycles. The largest absolute Gasteiger partial charge is 0.472 e. The smallest absolute Gasteiger partial charge is 0.287 e. The van der Waals surface area contributed by atoms with Crippen LogP contribution in [-0.2, 0) is 0 Å². The summed E-state index contributed by atoms with van der Waals surface area (Å²) in [4.78, 5) is 0. The van der Waals surface area contributed by atoms with E-state index in [1.54, 1.807) is 13.9 Å². The molecule has 0 saturated carbocycles. The van der Waals surface area contributed by atoms with Crippen molar-refractivity contribution in [3.8, 4) is 5.88 Å². The number of ether oxygens (including phenoxy) is 1. The monoisotopic (exact) mass is 293 g/mol. The van der Waals surface area contributed by atoms with Gasteiger partial charge in [-0.1, -0.05) is 10.6 Å². The Morgan fingerprint density at radius 2 is 2.33 bits per heavy atom. The van der Waals surface area contributed by atoms with Crippen LogP contribution in [0.2, 0.25) is 0 Å². The van der Waals surface area contributed by atoms with Gasteiger partial charge in [-0.25, -0.2) is 9.02 Å². The summed E-state index contributed by atoms with van der Waals surface area (Å²) in [6, 6.07) is 4.33. The summed E-state index contributed by atoms with van der Waals surface area (Å²) in [5.74, 6) is -0.341. The van der Waals surface area contributed by atoms with Crippen LogP contribution in [0.15, 0.2) is 28.0 Å². The third-order valence-electron chi connectivity index (χ3n) is 2.56. The van der Waals surface area contributed by atoms with Gasteiger partial charge < -0.3 is 21.0 Å². The second-order valence-corrected chi connectivity index (χ2v) is 4.09. The number of nitrogens with two attached hydrogens (primary N) is 1. The molecule has 0 spiro atoms. The van der Waals surface area contributed by atoms with Crippen LogP contribution in [0.5, 0.6) is 5.88 Å². The molecule has 2 rings (SSSR count). The van der Waals surface area contributed by atoms with Crippen LogP contribution < -0.4 is 21.3 Å². The normalized spacial score (nSPS) is 11.4. The van der Waals surface area contributed by atoms with Crippen molar-refractivity contribution < 1.29 is 19.0 Å². The van der Waals surface area contributed by atoms with Gasteiger partial charge in [-0.15, -0.1) is 0 Å². The minimum Gasteiger partial charge on any atom is -0.472 e. The third kappa shape index (κ3) is 3.48. The Morgan fingerprint density at radius 1 is 1.52 bits per heavy atom. The van der Waals surface area contributed by atoms with Crippen LogP contribution in [0.25, 0.3) is 0 Å². The van der Waals surface area contributed by atoms with Crippen LogP contribution in [0.3, 0.4) is 0 Å². The van der Waals surface area contributed by atoms with E-state index < -0.39 is 0 Å². The molecular formula is C11H13BFN5O3. The minimum absolute atomic E-state index is 0.0413. The van der Waals surface area contributed by atoms with Gasteiger partial charge in [0.2, 0.25) is 11.5 Å². The molecule has 2 aromatic rings. The predicted octanol–water partition coefficient (Wildman–Crippen LogP) is -0.948. The number of hydrogen-bond acceptors (Lipinski definition) is 7. The van der Waals surface area contributed by atoms with Crippen molar-refractivity contribution in [2.75, 3.05) is 18.5 Å². The van der Waals surface area contributed by atoms with Crippen molar-refractivity contribution in [3.05, 3.63) is 29.7 Å². The molecule has 0 atom stereocenters. The molecule has 10 heteroatoms. The van der Waals surface area contributed by atoms with Gasteiger partial charge in [-0.3, -0.25) is 0 Å². The number of benzene rings is 1. The Labute approximate surface area is 120 Å². The highest BCUT2D eigenvalue weighted by atomic mass is 19.1. The first-order chi connectivity index (χ1) is 10.2. The molecule has 110 valence electrons. The van der Waals surface area contributed by atoms with Gasteiger partial charge >= 0.3 is 0 Å². The van der Waals surface area contributed by atoms with Gasteiger partial charge in [0.25, 0.3) is 5.88 Å². The average molecular weight is 293 g/mol. The first-order valence-corrected chi connectivity index (χ1v) is 6.06. The third-order valence-corrected chi connectivity index (χ3v) is 2.56. The van der Waals surface area contributed by atoms with E-state index in [2.05, 4.69) is 25.4 Å². The van der Waals surface area contributed by atoms with E-state index in [4.69, 9.17) is 15.7 Å². The van der Waals surface area contributed by atoms with Gasteiger partial charge in [0.05, 0.1) is 0 Å². The number of aromatic nitrogens is 2. The summed E-state index contributed by atoms with van der Waals surface area (Å²) in [5.41, 5.74) is 6.35. The molecule has 0 unspecified atom stereocenters. The molecule has 1 aromatic carbocycles. The fourth-order valence-corrected chi connectivity index (χ4v) is 1.57. The quantitative estimate of drug-likeness (QED) is 0.214. The Hall–Kier alpha value is -2.62. The highest BCUT2D eigenvalue weighted by molar-refractivity contribution is 6.32. The highest BCUT2D eigenvalue weighted by Gasteiger charge is 2.19. The molecule has 1 aromatic heterocycles. The Bertz CT molecular complexity index is 649. The molecule has 0 aliphatic carbocycles. The Kier molecular flexibility index (Phi) is 4.72. The maximum absolute atomic E-state index is 13.2. The van der Waals surface area contributed by atoms with Gasteiger partial charge in [0, 0.05) is 12.2 Å². The van der Waals surface area contributed by atoms with E-state index >= 15 is 0 Å². The summed E-state index contributed by atoms with van der Waals surface area (Å²) in [5, 5.41) is 22.1. The minimum atomic E-state index is -0.335. The standard InChI is InChI=1S/C11H13BFN5O3/c12-7-5-6(1-2-8(7)13)15-10(16-19)9-11(18-21-17-9)20-4-3-14/h1-2,5,19H,3-4,12,14H2,(H,15,16). The van der Waals surface area contributed by atoms with E-state index in [9.17, 15) is 4.39 Å². The first-order valence-electron chi connectivity index (χ1n) is 6.06. The molecule has 0 bridgehead atoms. The maximum Gasteiger partial charge on any atom is 0.287 e. The summed E-state index contributed by atoms with van der Waals surface area (Å²) >= 11 is 0. The number of oxime groups is 1. The van der Waals surface area contributed by atoms with Crippen LogP contribution >= 0.6 is 0 Å². The zero-order valence-electron chi connectivity index (χ0n) is 11.2. The van der Waals surface area contributed by atoms with Gasteiger partial charge in [0.15, 0.2) is 0 Å². The zero-order chi connectivity index (χ0) is 15.2. The second-order valence-electron chi connectivity index (χ2n) is 4.09. The second kappa shape index (κ2) is 6.70. The van der Waals surface area contributed by atoms with Crippen LogP contribution in [0.4, 0.5) is 10.1 Å². The van der Waals surface area contributed by atoms with Crippen molar-refractivity contribution in [1.82, 2.24) is 10.3 Å². The molecule has 0 amide bonds. The number of rotatable bonds is 5. The number of anilines is 1. The van der Waals surface area contributed by atoms with E-state index in [1.807, 2.05) is 0 Å². The van der Waals surface area contributed by atoms with Gasteiger partial charge in [0.1, 0.15) is 20.3 Å². The van der Waals surface area contributed by atoms with E-state index in [0.29, 0.717) is 11.2 Å². The fourth-order valence-electron chi connectivity index (χ4n) is 1.57. The SMILES string of the molecule is Bc1cc(N/C(=N\O)c2nonc2OCCN)ccc1F. The van der Waals surface area contributed by atoms with Crippen molar-refractivity contribution >= 4 is 24.8 Å². The molecule has 0 aliphatic rings. The molecular weight excluding hydrogens is 280 g/mol. The average Bonchev–Trinajstić information content (AvgIpc) is 2.94. The zero-order valence-corrected chi connectivity index (χ0v) is 11.2. The molecule has 0 aliphatic heterocycles. The van der Waals surface area contributed by atoms with E-state index in [0.717, 1.165) is 0 Å². The molecule has 0 saturated heterocycles. The number of nitrogens with zero attached hydrogens (tertiary/aromatic N) is 3. The lowest BCUT2D eigenvalue weighted by atomic mass is 9.95. The van der Waals surface area contributed by atoms with Gasteiger partial charge in [-0.05, 0) is 28.5 Å². The lowest BCUT2D eigenvalue weighted by Crippen LogP contribution is -2.19. The first kappa shape index (κ1) is 14.8. The summed E-state index contributed by atoms with van der Waals surface area (Å²) in [6.45, 7) is 0.484. The molecule has 0 fully saturated rings. The molecule has 0 radical (unpaired) electrons. The number of hydrogen-bond donors (Lipinski definition) is 3. The number of nitrogens with one attached hydrogen (secondary N) is 1.